The third-order valence-corrected chi connectivity index (χ3v) is 8.43. The van der Waals surface area contributed by atoms with Crippen molar-refractivity contribution < 1.29 is 40.7 Å². The molecule has 1 saturated heterocycles. The zero-order chi connectivity index (χ0) is 31.9. The van der Waals surface area contributed by atoms with Crippen molar-refractivity contribution in [1.29, 1.82) is 0 Å². The number of amides is 4. The SMILES string of the molecule is CC(C)n1nccc1C(=O)N[C@H](C(=O)Nc1ccc([C@H](CC(F)F)N2C[C@@H](C(F)(F)F)NC2=O)cc1F)C(C1CC1)C1CC1. The van der Waals surface area contributed by atoms with E-state index >= 15 is 4.39 Å². The van der Waals surface area contributed by atoms with Crippen LogP contribution in [0.25, 0.3) is 0 Å². The van der Waals surface area contributed by atoms with E-state index in [1.165, 1.54) is 16.9 Å². The van der Waals surface area contributed by atoms with Crippen LogP contribution in [0.4, 0.5) is 36.8 Å². The Morgan fingerprint density at radius 3 is 2.27 bits per heavy atom. The van der Waals surface area contributed by atoms with Crippen molar-refractivity contribution in [3.63, 3.8) is 0 Å². The highest BCUT2D eigenvalue weighted by Gasteiger charge is 2.50. The fourth-order valence-electron chi connectivity index (χ4n) is 6.02. The van der Waals surface area contributed by atoms with E-state index in [2.05, 4.69) is 15.7 Å². The van der Waals surface area contributed by atoms with Crippen molar-refractivity contribution in [1.82, 2.24) is 25.3 Å². The summed E-state index contributed by atoms with van der Waals surface area (Å²) in [4.78, 5) is 39.9. The first kappa shape index (κ1) is 31.6. The van der Waals surface area contributed by atoms with Crippen molar-refractivity contribution in [2.75, 3.05) is 11.9 Å². The lowest BCUT2D eigenvalue weighted by atomic mass is 9.88. The number of urea groups is 1. The number of carbonyl (C=O) groups excluding carboxylic acids is 3. The van der Waals surface area contributed by atoms with Gasteiger partial charge in [-0.1, -0.05) is 6.07 Å². The molecule has 3 aliphatic rings. The van der Waals surface area contributed by atoms with Crippen LogP contribution in [0.5, 0.6) is 0 Å². The molecule has 1 aromatic carbocycles. The number of alkyl halides is 5. The molecule has 3 N–H and O–H groups in total. The summed E-state index contributed by atoms with van der Waals surface area (Å²) in [5, 5.41) is 11.3. The molecule has 5 rings (SSSR count). The van der Waals surface area contributed by atoms with Crippen molar-refractivity contribution in [3.05, 3.63) is 47.5 Å². The van der Waals surface area contributed by atoms with Crippen molar-refractivity contribution in [2.24, 2.45) is 17.8 Å². The minimum absolute atomic E-state index is 0.117. The number of rotatable bonds is 12. The molecule has 0 radical (unpaired) electrons. The minimum Gasteiger partial charge on any atom is -0.339 e. The summed E-state index contributed by atoms with van der Waals surface area (Å²) >= 11 is 0. The quantitative estimate of drug-likeness (QED) is 0.273. The monoisotopic (exact) mass is 628 g/mol. The third kappa shape index (κ3) is 6.96. The molecule has 2 heterocycles. The van der Waals surface area contributed by atoms with Crippen molar-refractivity contribution in [2.45, 2.75) is 82.7 Å². The van der Waals surface area contributed by atoms with Gasteiger partial charge in [0.25, 0.3) is 5.91 Å². The number of nitrogens with one attached hydrogen (secondary N) is 3. The molecule has 2 aromatic rings. The summed E-state index contributed by atoms with van der Waals surface area (Å²) < 4.78 is 83.4. The molecule has 4 amide bonds. The molecule has 2 aliphatic carbocycles. The van der Waals surface area contributed by atoms with Crippen LogP contribution in [0, 0.1) is 23.6 Å². The molecule has 0 spiro atoms. The van der Waals surface area contributed by atoms with Gasteiger partial charge in [-0.15, -0.1) is 0 Å². The van der Waals surface area contributed by atoms with E-state index in [0.717, 1.165) is 37.8 Å². The molecule has 1 aliphatic heterocycles. The van der Waals surface area contributed by atoms with Crippen LogP contribution in [0.2, 0.25) is 0 Å². The molecule has 15 heteroatoms. The topological polar surface area (TPSA) is 108 Å². The number of hydrogen-bond donors (Lipinski definition) is 3. The molecule has 0 bridgehead atoms. The Labute approximate surface area is 249 Å². The Balaban J connectivity index is 1.37. The maximum Gasteiger partial charge on any atom is 0.410 e. The molecule has 3 atom stereocenters. The van der Waals surface area contributed by atoms with E-state index in [1.807, 2.05) is 13.8 Å². The zero-order valence-corrected chi connectivity index (χ0v) is 24.1. The first-order valence-corrected chi connectivity index (χ1v) is 14.6. The second-order valence-electron chi connectivity index (χ2n) is 12.0. The lowest BCUT2D eigenvalue weighted by molar-refractivity contribution is -0.150. The largest absolute Gasteiger partial charge is 0.410 e. The van der Waals surface area contributed by atoms with Crippen LogP contribution in [-0.2, 0) is 4.79 Å². The fourth-order valence-corrected chi connectivity index (χ4v) is 6.02. The Kier molecular flexibility index (Phi) is 8.85. The van der Waals surface area contributed by atoms with E-state index in [4.69, 9.17) is 0 Å². The average molecular weight is 629 g/mol. The highest BCUT2D eigenvalue weighted by Crippen LogP contribution is 2.51. The Hall–Kier alpha value is -3.78. The summed E-state index contributed by atoms with van der Waals surface area (Å²) in [7, 11) is 0. The van der Waals surface area contributed by atoms with E-state index in [1.54, 1.807) is 11.4 Å². The highest BCUT2D eigenvalue weighted by molar-refractivity contribution is 6.01. The first-order chi connectivity index (χ1) is 20.7. The number of nitrogens with zero attached hydrogens (tertiary/aromatic N) is 3. The number of halogens is 6. The normalized spacial score (nSPS) is 20.3. The molecule has 3 fully saturated rings. The second kappa shape index (κ2) is 12.3. The van der Waals surface area contributed by atoms with Gasteiger partial charge in [-0.2, -0.15) is 18.3 Å². The minimum atomic E-state index is -4.79. The molecule has 240 valence electrons. The van der Waals surface area contributed by atoms with Crippen molar-refractivity contribution >= 4 is 23.5 Å². The smallest absolute Gasteiger partial charge is 0.339 e. The van der Waals surface area contributed by atoms with Crippen LogP contribution in [0.3, 0.4) is 0 Å². The average Bonchev–Trinajstić information content (AvgIpc) is 3.87. The van der Waals surface area contributed by atoms with Gasteiger partial charge in [0.05, 0.1) is 18.3 Å². The van der Waals surface area contributed by atoms with Gasteiger partial charge in [-0.25, -0.2) is 18.0 Å². The van der Waals surface area contributed by atoms with Crippen LogP contribution < -0.4 is 16.0 Å². The molecule has 1 aromatic heterocycles. The molecular formula is C29H34F6N6O3. The summed E-state index contributed by atoms with van der Waals surface area (Å²) in [6.45, 7) is 2.79. The zero-order valence-electron chi connectivity index (χ0n) is 24.1. The van der Waals surface area contributed by atoms with E-state index in [9.17, 15) is 36.3 Å². The number of anilines is 1. The fraction of sp³-hybridized carbons (Fsp3) is 0.586. The molecule has 2 saturated carbocycles. The maximum absolute atomic E-state index is 15.4. The number of aromatic nitrogens is 2. The van der Waals surface area contributed by atoms with Gasteiger partial charge < -0.3 is 20.9 Å². The Morgan fingerprint density at radius 2 is 1.75 bits per heavy atom. The number of benzene rings is 1. The maximum atomic E-state index is 15.4. The Morgan fingerprint density at radius 1 is 1.09 bits per heavy atom. The van der Waals surface area contributed by atoms with E-state index in [-0.39, 0.29) is 40.7 Å². The standard InChI is InChI=1S/C29H34F6N6O3/c1-14(2)41-20(9-10-36-41)26(42)39-25(24(15-3-4-15)16-5-6-16)27(43)37-19-8-7-17(11-18(19)30)21(12-23(31)32)40-13-22(29(33,34)35)38-28(40)44/h7-11,14-16,21-25H,3-6,12-13H2,1-2H3,(H,37,43)(H,38,44)(H,39,42)/t21-,22-,25-/m0/s1. The summed E-state index contributed by atoms with van der Waals surface area (Å²) in [5.74, 6) is -1.90. The van der Waals surface area contributed by atoms with Crippen LogP contribution in [0.15, 0.2) is 30.5 Å². The number of hydrogen-bond acceptors (Lipinski definition) is 4. The van der Waals surface area contributed by atoms with Gasteiger partial charge in [0.2, 0.25) is 12.3 Å². The van der Waals surface area contributed by atoms with Gasteiger partial charge >= 0.3 is 12.2 Å². The number of carbonyl (C=O) groups is 3. The summed E-state index contributed by atoms with van der Waals surface area (Å²) in [5.41, 5.74) is -0.188. The van der Waals surface area contributed by atoms with E-state index in [0.29, 0.717) is 4.90 Å². The summed E-state index contributed by atoms with van der Waals surface area (Å²) in [6, 6.07) is -1.43. The van der Waals surface area contributed by atoms with Gasteiger partial charge in [0, 0.05) is 18.7 Å². The third-order valence-electron chi connectivity index (χ3n) is 8.43. The Bertz CT molecular complexity index is 1380. The van der Waals surface area contributed by atoms with E-state index < -0.39 is 67.4 Å². The van der Waals surface area contributed by atoms with Crippen LogP contribution in [-0.4, -0.2) is 63.8 Å². The predicted octanol–water partition coefficient (Wildman–Crippen LogP) is 5.43. The highest BCUT2D eigenvalue weighted by atomic mass is 19.4. The van der Waals surface area contributed by atoms with Gasteiger partial charge in [-0.05, 0) is 81.0 Å². The second-order valence-corrected chi connectivity index (χ2v) is 12.0. The molecular weight excluding hydrogens is 594 g/mol. The lowest BCUT2D eigenvalue weighted by Gasteiger charge is -2.29. The lowest BCUT2D eigenvalue weighted by Crippen LogP contribution is -2.50. The van der Waals surface area contributed by atoms with Crippen molar-refractivity contribution in [3.8, 4) is 0 Å². The van der Waals surface area contributed by atoms with Crippen LogP contribution in [0.1, 0.15) is 74.1 Å². The predicted molar refractivity (Wildman–Crippen MR) is 146 cm³/mol. The molecule has 9 nitrogen and oxygen atoms in total. The molecule has 44 heavy (non-hydrogen) atoms. The first-order valence-electron chi connectivity index (χ1n) is 14.6. The summed E-state index contributed by atoms with van der Waals surface area (Å²) in [6.07, 6.45) is -3.73. The van der Waals surface area contributed by atoms with Gasteiger partial charge in [-0.3, -0.25) is 14.3 Å². The van der Waals surface area contributed by atoms with Gasteiger partial charge in [0.15, 0.2) is 0 Å². The van der Waals surface area contributed by atoms with Gasteiger partial charge in [0.1, 0.15) is 23.6 Å². The van der Waals surface area contributed by atoms with Crippen LogP contribution >= 0.6 is 0 Å². The molecule has 0 unspecified atom stereocenters.